The van der Waals surface area contributed by atoms with Crippen LogP contribution in [0.2, 0.25) is 10.0 Å². The Balaban J connectivity index is 2.01. The number of nitrogens with zero attached hydrogens (tertiary/aromatic N) is 2. The number of aromatic amines is 1. The van der Waals surface area contributed by atoms with Crippen molar-refractivity contribution in [1.29, 1.82) is 0 Å². The van der Waals surface area contributed by atoms with Gasteiger partial charge < -0.3 is 5.73 Å². The second-order valence-electron chi connectivity index (χ2n) is 4.25. The van der Waals surface area contributed by atoms with Gasteiger partial charge in [-0.2, -0.15) is 5.10 Å². The Hall–Kier alpha value is -2.04. The van der Waals surface area contributed by atoms with Gasteiger partial charge in [-0.05, 0) is 42.5 Å². The molecule has 6 heteroatoms. The first-order valence-electron chi connectivity index (χ1n) is 5.87. The minimum atomic E-state index is 0.564. The van der Waals surface area contributed by atoms with Crippen LogP contribution in [0.15, 0.2) is 42.5 Å². The summed E-state index contributed by atoms with van der Waals surface area (Å²) in [4.78, 5) is 4.43. The molecule has 0 fully saturated rings. The van der Waals surface area contributed by atoms with Crippen molar-refractivity contribution in [3.8, 4) is 22.8 Å². The van der Waals surface area contributed by atoms with Gasteiger partial charge >= 0.3 is 0 Å². The van der Waals surface area contributed by atoms with E-state index in [0.717, 1.165) is 5.56 Å². The maximum Gasteiger partial charge on any atom is 0.181 e. The van der Waals surface area contributed by atoms with E-state index >= 15 is 0 Å². The van der Waals surface area contributed by atoms with Crippen molar-refractivity contribution in [3.05, 3.63) is 52.5 Å². The molecule has 1 heterocycles. The van der Waals surface area contributed by atoms with Crippen LogP contribution in [0.4, 0.5) is 5.69 Å². The summed E-state index contributed by atoms with van der Waals surface area (Å²) in [6.07, 6.45) is 0. The van der Waals surface area contributed by atoms with Crippen molar-refractivity contribution < 1.29 is 0 Å². The molecule has 4 nitrogen and oxygen atoms in total. The predicted molar refractivity (Wildman–Crippen MR) is 81.7 cm³/mol. The molecule has 1 aromatic heterocycles. The lowest BCUT2D eigenvalue weighted by molar-refractivity contribution is 1.10. The highest BCUT2D eigenvalue weighted by molar-refractivity contribution is 6.35. The van der Waals surface area contributed by atoms with Gasteiger partial charge in [0.05, 0.1) is 5.02 Å². The van der Waals surface area contributed by atoms with Crippen LogP contribution in [-0.2, 0) is 0 Å². The Morgan fingerprint density at radius 3 is 2.50 bits per heavy atom. The van der Waals surface area contributed by atoms with Crippen LogP contribution in [0.5, 0.6) is 0 Å². The van der Waals surface area contributed by atoms with Gasteiger partial charge in [0.25, 0.3) is 0 Å². The summed E-state index contributed by atoms with van der Waals surface area (Å²) in [6, 6.07) is 12.5. The maximum absolute atomic E-state index is 6.14. The lowest BCUT2D eigenvalue weighted by Crippen LogP contribution is -1.85. The predicted octanol–water partition coefficient (Wildman–Crippen LogP) is 4.03. The molecule has 20 heavy (non-hydrogen) atoms. The van der Waals surface area contributed by atoms with Crippen molar-refractivity contribution in [2.75, 3.05) is 5.73 Å². The molecule has 100 valence electrons. The molecule has 0 aliphatic rings. The smallest absolute Gasteiger partial charge is 0.181 e. The summed E-state index contributed by atoms with van der Waals surface area (Å²) in [5.74, 6) is 1.15. The molecule has 0 amide bonds. The van der Waals surface area contributed by atoms with Crippen molar-refractivity contribution in [2.24, 2.45) is 0 Å². The molecule has 0 saturated carbocycles. The fourth-order valence-electron chi connectivity index (χ4n) is 1.82. The number of benzene rings is 2. The van der Waals surface area contributed by atoms with Gasteiger partial charge in [0.15, 0.2) is 11.6 Å². The highest BCUT2D eigenvalue weighted by atomic mass is 35.5. The normalized spacial score (nSPS) is 10.7. The zero-order valence-electron chi connectivity index (χ0n) is 10.3. The van der Waals surface area contributed by atoms with Crippen molar-refractivity contribution in [2.45, 2.75) is 0 Å². The van der Waals surface area contributed by atoms with Crippen LogP contribution in [0.3, 0.4) is 0 Å². The fraction of sp³-hybridized carbons (Fsp3) is 0. The zero-order chi connectivity index (χ0) is 14.1. The minimum absolute atomic E-state index is 0.564. The molecule has 3 aromatic rings. The SMILES string of the molecule is Nc1ccc(-c2n[nH]c(-c3cc(Cl)ccc3Cl)n2)cc1. The summed E-state index contributed by atoms with van der Waals surface area (Å²) >= 11 is 12.1. The lowest BCUT2D eigenvalue weighted by atomic mass is 10.2. The lowest BCUT2D eigenvalue weighted by Gasteiger charge is -2.00. The fourth-order valence-corrected chi connectivity index (χ4v) is 2.20. The zero-order valence-corrected chi connectivity index (χ0v) is 11.8. The van der Waals surface area contributed by atoms with E-state index in [2.05, 4.69) is 15.2 Å². The largest absolute Gasteiger partial charge is 0.399 e. The quantitative estimate of drug-likeness (QED) is 0.702. The van der Waals surface area contributed by atoms with E-state index in [0.29, 0.717) is 32.9 Å². The molecule has 3 rings (SSSR count). The van der Waals surface area contributed by atoms with Crippen molar-refractivity contribution in [3.63, 3.8) is 0 Å². The van der Waals surface area contributed by atoms with E-state index in [1.54, 1.807) is 30.3 Å². The van der Waals surface area contributed by atoms with Gasteiger partial charge in [-0.3, -0.25) is 5.10 Å². The van der Waals surface area contributed by atoms with Gasteiger partial charge in [0.2, 0.25) is 0 Å². The third kappa shape index (κ3) is 2.48. The van der Waals surface area contributed by atoms with Gasteiger partial charge in [0.1, 0.15) is 0 Å². The van der Waals surface area contributed by atoms with E-state index < -0.39 is 0 Å². The third-order valence-electron chi connectivity index (χ3n) is 2.84. The Bertz CT molecular complexity index is 750. The van der Waals surface area contributed by atoms with E-state index in [1.807, 2.05) is 12.1 Å². The molecule has 0 saturated heterocycles. The summed E-state index contributed by atoms with van der Waals surface area (Å²) < 4.78 is 0. The molecule has 0 spiro atoms. The first-order chi connectivity index (χ1) is 9.63. The van der Waals surface area contributed by atoms with E-state index in [1.165, 1.54) is 0 Å². The Labute approximate surface area is 125 Å². The van der Waals surface area contributed by atoms with Crippen LogP contribution in [0.25, 0.3) is 22.8 Å². The summed E-state index contributed by atoms with van der Waals surface area (Å²) in [5.41, 5.74) is 7.94. The third-order valence-corrected chi connectivity index (χ3v) is 3.40. The number of rotatable bonds is 2. The molecular weight excluding hydrogens is 295 g/mol. The molecule has 0 bridgehead atoms. The van der Waals surface area contributed by atoms with Crippen LogP contribution in [0.1, 0.15) is 0 Å². The number of H-pyrrole nitrogens is 1. The van der Waals surface area contributed by atoms with Crippen LogP contribution >= 0.6 is 23.2 Å². The number of anilines is 1. The number of nitrogens with one attached hydrogen (secondary N) is 1. The average molecular weight is 305 g/mol. The molecule has 0 atom stereocenters. The van der Waals surface area contributed by atoms with E-state index in [4.69, 9.17) is 28.9 Å². The average Bonchev–Trinajstić information content (AvgIpc) is 2.92. The maximum atomic E-state index is 6.14. The number of aromatic nitrogens is 3. The summed E-state index contributed by atoms with van der Waals surface area (Å²) in [5, 5.41) is 8.21. The van der Waals surface area contributed by atoms with Crippen LogP contribution < -0.4 is 5.73 Å². The molecule has 3 N–H and O–H groups in total. The number of nitrogen functional groups attached to an aromatic ring is 1. The highest BCUT2D eigenvalue weighted by Crippen LogP contribution is 2.29. The number of hydrogen-bond donors (Lipinski definition) is 2. The molecule has 2 aromatic carbocycles. The summed E-state index contributed by atoms with van der Waals surface area (Å²) in [6.45, 7) is 0. The molecule has 0 aliphatic carbocycles. The Morgan fingerprint density at radius 2 is 1.75 bits per heavy atom. The molecule has 0 unspecified atom stereocenters. The van der Waals surface area contributed by atoms with Crippen LogP contribution in [0, 0.1) is 0 Å². The Morgan fingerprint density at radius 1 is 1.00 bits per heavy atom. The van der Waals surface area contributed by atoms with Gasteiger partial charge in [-0.15, -0.1) is 0 Å². The van der Waals surface area contributed by atoms with E-state index in [9.17, 15) is 0 Å². The van der Waals surface area contributed by atoms with Gasteiger partial charge in [-0.25, -0.2) is 4.98 Å². The Kier molecular flexibility index (Phi) is 3.34. The monoisotopic (exact) mass is 304 g/mol. The number of hydrogen-bond acceptors (Lipinski definition) is 3. The summed E-state index contributed by atoms with van der Waals surface area (Å²) in [7, 11) is 0. The highest BCUT2D eigenvalue weighted by Gasteiger charge is 2.11. The standard InChI is InChI=1S/C14H10Cl2N4/c15-9-3-6-12(16)11(7-9)14-18-13(19-20-14)8-1-4-10(17)5-2-8/h1-7H,17H2,(H,18,19,20). The first kappa shape index (κ1) is 13.0. The first-order valence-corrected chi connectivity index (χ1v) is 6.63. The molecule has 0 aliphatic heterocycles. The number of halogens is 2. The van der Waals surface area contributed by atoms with Gasteiger partial charge in [0, 0.05) is 21.8 Å². The topological polar surface area (TPSA) is 67.6 Å². The van der Waals surface area contributed by atoms with Gasteiger partial charge in [-0.1, -0.05) is 23.2 Å². The van der Waals surface area contributed by atoms with E-state index in [-0.39, 0.29) is 0 Å². The van der Waals surface area contributed by atoms with Crippen LogP contribution in [-0.4, -0.2) is 15.2 Å². The van der Waals surface area contributed by atoms with Crippen molar-refractivity contribution >= 4 is 28.9 Å². The van der Waals surface area contributed by atoms with Crippen molar-refractivity contribution in [1.82, 2.24) is 15.2 Å². The second-order valence-corrected chi connectivity index (χ2v) is 5.10. The molecular formula is C14H10Cl2N4. The molecule has 0 radical (unpaired) electrons. The second kappa shape index (κ2) is 5.15. The minimum Gasteiger partial charge on any atom is -0.399 e. The number of nitrogens with two attached hydrogens (primary N) is 1.